The molecule has 0 saturated carbocycles. The van der Waals surface area contributed by atoms with Gasteiger partial charge >= 0.3 is 11.6 Å². The van der Waals surface area contributed by atoms with Crippen LogP contribution in [0.25, 0.3) is 11.0 Å². The van der Waals surface area contributed by atoms with E-state index in [-0.39, 0.29) is 18.3 Å². The summed E-state index contributed by atoms with van der Waals surface area (Å²) in [5, 5.41) is 3.57. The van der Waals surface area contributed by atoms with Crippen LogP contribution in [0.4, 0.5) is 0 Å². The molecule has 1 aliphatic carbocycles. The van der Waals surface area contributed by atoms with Crippen molar-refractivity contribution >= 4 is 34.6 Å². The van der Waals surface area contributed by atoms with Crippen LogP contribution in [0.3, 0.4) is 0 Å². The number of nitrogens with one attached hydrogen (secondary N) is 1. The third-order valence-electron chi connectivity index (χ3n) is 5.91. The third kappa shape index (κ3) is 5.33. The van der Waals surface area contributed by atoms with E-state index in [2.05, 4.69) is 5.32 Å². The molecule has 1 N–H and O–H groups in total. The fraction of sp³-hybridized carbons (Fsp3) is 0.222. The van der Waals surface area contributed by atoms with Gasteiger partial charge in [0, 0.05) is 21.9 Å². The van der Waals surface area contributed by atoms with Crippen LogP contribution < -0.4 is 10.9 Å². The van der Waals surface area contributed by atoms with Crippen molar-refractivity contribution < 1.29 is 23.2 Å². The third-order valence-corrected chi connectivity index (χ3v) is 6.98. The van der Waals surface area contributed by atoms with Gasteiger partial charge in [-0.15, -0.1) is 11.8 Å². The highest BCUT2D eigenvalue weighted by atomic mass is 32.2. The van der Waals surface area contributed by atoms with Gasteiger partial charge in [-0.25, -0.2) is 9.59 Å². The Kier molecular flexibility index (Phi) is 6.72. The first-order valence-corrected chi connectivity index (χ1v) is 12.3. The zero-order valence-corrected chi connectivity index (χ0v) is 19.7. The molecule has 2 aromatic carbocycles. The number of hydrogen-bond acceptors (Lipinski definition) is 7. The highest BCUT2D eigenvalue weighted by Gasteiger charge is 2.18. The first-order chi connectivity index (χ1) is 17.1. The Morgan fingerprint density at radius 2 is 1.86 bits per heavy atom. The lowest BCUT2D eigenvalue weighted by Crippen LogP contribution is -2.24. The standard InChI is InChI=1S/C27H23NO6S/c29-25(28-14-20-7-4-10-32-20)16-35-24-9-2-1-8-21(24)27(31)33-15-19-13-26(30)34-23-12-18-6-3-5-17(18)11-22(19)23/h1-2,4,7-13H,3,5-6,14-16H2,(H,28,29). The summed E-state index contributed by atoms with van der Waals surface area (Å²) in [4.78, 5) is 37.9. The Morgan fingerprint density at radius 3 is 2.69 bits per heavy atom. The minimum absolute atomic E-state index is 0.0532. The molecule has 35 heavy (non-hydrogen) atoms. The van der Waals surface area contributed by atoms with Crippen molar-refractivity contribution in [1.82, 2.24) is 5.32 Å². The van der Waals surface area contributed by atoms with Crippen molar-refractivity contribution in [2.24, 2.45) is 0 Å². The fourth-order valence-electron chi connectivity index (χ4n) is 4.19. The molecule has 2 heterocycles. The molecular formula is C27H23NO6S. The van der Waals surface area contributed by atoms with Gasteiger partial charge in [0.1, 0.15) is 18.0 Å². The molecule has 7 nitrogen and oxygen atoms in total. The van der Waals surface area contributed by atoms with Crippen molar-refractivity contribution in [3.05, 3.63) is 99.3 Å². The zero-order chi connectivity index (χ0) is 24.2. The van der Waals surface area contributed by atoms with Crippen LogP contribution in [-0.4, -0.2) is 17.6 Å². The number of carbonyl (C=O) groups excluding carboxylic acids is 2. The van der Waals surface area contributed by atoms with Crippen LogP contribution in [0.5, 0.6) is 0 Å². The second-order valence-corrected chi connectivity index (χ2v) is 9.30. The summed E-state index contributed by atoms with van der Waals surface area (Å²) in [6.45, 7) is 0.251. The first-order valence-electron chi connectivity index (χ1n) is 11.3. The summed E-state index contributed by atoms with van der Waals surface area (Å²) in [5.41, 5.74) is 3.46. The molecule has 0 radical (unpaired) electrons. The molecule has 0 bridgehead atoms. The van der Waals surface area contributed by atoms with Crippen LogP contribution in [0, 0.1) is 0 Å². The Morgan fingerprint density at radius 1 is 1.03 bits per heavy atom. The second-order valence-electron chi connectivity index (χ2n) is 8.28. The number of benzene rings is 2. The summed E-state index contributed by atoms with van der Waals surface area (Å²) in [7, 11) is 0. The van der Waals surface area contributed by atoms with Gasteiger partial charge in [0.2, 0.25) is 5.91 Å². The summed E-state index contributed by atoms with van der Waals surface area (Å²) >= 11 is 1.25. The molecule has 4 aromatic rings. The normalized spacial score (nSPS) is 12.5. The zero-order valence-electron chi connectivity index (χ0n) is 18.9. The number of ether oxygens (including phenoxy) is 1. The summed E-state index contributed by atoms with van der Waals surface area (Å²) in [5.74, 6) is 0.108. The Labute approximate surface area is 205 Å². The van der Waals surface area contributed by atoms with Gasteiger partial charge in [-0.2, -0.15) is 0 Å². The average molecular weight is 490 g/mol. The molecule has 0 spiro atoms. The van der Waals surface area contributed by atoms with E-state index in [0.29, 0.717) is 33.9 Å². The van der Waals surface area contributed by atoms with E-state index in [4.69, 9.17) is 13.6 Å². The maximum Gasteiger partial charge on any atom is 0.339 e. The van der Waals surface area contributed by atoms with Gasteiger partial charge in [-0.1, -0.05) is 12.1 Å². The maximum atomic E-state index is 12.9. The number of furan rings is 1. The monoisotopic (exact) mass is 489 g/mol. The lowest BCUT2D eigenvalue weighted by atomic mass is 10.0. The number of thioether (sulfide) groups is 1. The van der Waals surface area contributed by atoms with Crippen LogP contribution >= 0.6 is 11.8 Å². The minimum Gasteiger partial charge on any atom is -0.467 e. The minimum atomic E-state index is -0.522. The highest BCUT2D eigenvalue weighted by Crippen LogP contribution is 2.29. The van der Waals surface area contributed by atoms with Gasteiger partial charge in [0.05, 0.1) is 24.1 Å². The second kappa shape index (κ2) is 10.2. The van der Waals surface area contributed by atoms with E-state index >= 15 is 0 Å². The number of amides is 1. The van der Waals surface area contributed by atoms with E-state index < -0.39 is 11.6 Å². The van der Waals surface area contributed by atoms with Crippen LogP contribution in [0.1, 0.15) is 39.2 Å². The van der Waals surface area contributed by atoms with Crippen molar-refractivity contribution in [1.29, 1.82) is 0 Å². The number of aryl methyl sites for hydroxylation is 2. The van der Waals surface area contributed by atoms with E-state index in [9.17, 15) is 14.4 Å². The van der Waals surface area contributed by atoms with Crippen molar-refractivity contribution in [3.63, 3.8) is 0 Å². The Bertz CT molecular complexity index is 1440. The molecule has 5 rings (SSSR count). The van der Waals surface area contributed by atoms with Crippen molar-refractivity contribution in [3.8, 4) is 0 Å². The molecule has 0 fully saturated rings. The Balaban J connectivity index is 1.26. The average Bonchev–Trinajstić information content (AvgIpc) is 3.55. The van der Waals surface area contributed by atoms with Gasteiger partial charge in [0.25, 0.3) is 0 Å². The quantitative estimate of drug-likeness (QED) is 0.219. The molecule has 2 aromatic heterocycles. The number of hydrogen-bond donors (Lipinski definition) is 1. The molecule has 0 atom stereocenters. The topological polar surface area (TPSA) is 98.8 Å². The smallest absolute Gasteiger partial charge is 0.339 e. The number of esters is 1. The molecular weight excluding hydrogens is 466 g/mol. The van der Waals surface area contributed by atoms with Gasteiger partial charge < -0.3 is 18.9 Å². The molecule has 0 unspecified atom stereocenters. The van der Waals surface area contributed by atoms with Gasteiger partial charge in [0.15, 0.2) is 0 Å². The first kappa shape index (κ1) is 23.0. The van der Waals surface area contributed by atoms with E-state index in [1.807, 2.05) is 12.1 Å². The molecule has 0 aliphatic heterocycles. The maximum absolute atomic E-state index is 12.9. The number of rotatable bonds is 8. The molecule has 0 saturated heterocycles. The fourth-order valence-corrected chi connectivity index (χ4v) is 5.06. The van der Waals surface area contributed by atoms with Gasteiger partial charge in [-0.3, -0.25) is 4.79 Å². The van der Waals surface area contributed by atoms with Crippen LogP contribution in [0.2, 0.25) is 0 Å². The summed E-state index contributed by atoms with van der Waals surface area (Å²) < 4.78 is 16.2. The van der Waals surface area contributed by atoms with Gasteiger partial charge in [-0.05, 0) is 66.8 Å². The number of fused-ring (bicyclic) bond motifs is 2. The van der Waals surface area contributed by atoms with Crippen LogP contribution in [-0.2, 0) is 35.5 Å². The Hall–Kier alpha value is -3.78. The van der Waals surface area contributed by atoms with Crippen molar-refractivity contribution in [2.45, 2.75) is 37.3 Å². The molecule has 8 heteroatoms. The summed E-state index contributed by atoms with van der Waals surface area (Å²) in [6, 6.07) is 15.9. The van der Waals surface area contributed by atoms with Crippen molar-refractivity contribution in [2.75, 3.05) is 5.75 Å². The number of carbonyl (C=O) groups is 2. The largest absolute Gasteiger partial charge is 0.467 e. The highest BCUT2D eigenvalue weighted by molar-refractivity contribution is 8.00. The molecule has 1 amide bonds. The van der Waals surface area contributed by atoms with E-state index in [0.717, 1.165) is 24.6 Å². The van der Waals surface area contributed by atoms with Crippen LogP contribution in [0.15, 0.2) is 79.4 Å². The molecule has 1 aliphatic rings. The lowest BCUT2D eigenvalue weighted by Gasteiger charge is -2.11. The predicted octanol–water partition coefficient (Wildman–Crippen LogP) is 4.64. The predicted molar refractivity (Wildman–Crippen MR) is 131 cm³/mol. The SMILES string of the molecule is O=C(CSc1ccccc1C(=O)OCc1cc(=O)oc2cc3c(cc12)CCC3)NCc1ccco1. The lowest BCUT2D eigenvalue weighted by molar-refractivity contribution is -0.118. The van der Waals surface area contributed by atoms with E-state index in [1.165, 1.54) is 29.0 Å². The summed E-state index contributed by atoms with van der Waals surface area (Å²) in [6.07, 6.45) is 4.60. The molecule has 178 valence electrons. The van der Waals surface area contributed by atoms with E-state index in [1.54, 1.807) is 42.7 Å².